The molecule has 0 saturated heterocycles. The molecule has 0 radical (unpaired) electrons. The first-order chi connectivity index (χ1) is 8.75. The van der Waals surface area contributed by atoms with E-state index in [-0.39, 0.29) is 11.7 Å². The fourth-order valence-electron chi connectivity index (χ4n) is 2.93. The van der Waals surface area contributed by atoms with Gasteiger partial charge in [-0.05, 0) is 43.2 Å². The zero-order chi connectivity index (χ0) is 12.5. The predicted molar refractivity (Wildman–Crippen MR) is 70.7 cm³/mol. The van der Waals surface area contributed by atoms with Crippen molar-refractivity contribution in [1.29, 1.82) is 0 Å². The van der Waals surface area contributed by atoms with Crippen molar-refractivity contribution in [3.8, 4) is 5.75 Å². The number of anilines is 1. The van der Waals surface area contributed by atoms with Crippen molar-refractivity contribution in [1.82, 2.24) is 0 Å². The van der Waals surface area contributed by atoms with Gasteiger partial charge in [0.25, 0.3) is 0 Å². The van der Waals surface area contributed by atoms with Gasteiger partial charge in [-0.25, -0.2) is 0 Å². The highest BCUT2D eigenvalue weighted by molar-refractivity contribution is 5.96. The van der Waals surface area contributed by atoms with Crippen LogP contribution in [0.3, 0.4) is 0 Å². The number of aromatic hydroxyl groups is 1. The molecule has 18 heavy (non-hydrogen) atoms. The minimum atomic E-state index is 0.183. The number of carbonyl (C=O) groups excluding carboxylic acids is 1. The maximum absolute atomic E-state index is 12.3. The standard InChI is InChI=1S/C15H19NO2/c17-13-8-2-6-12-7-3-9-16(15(12)13)14(18)10-11-4-1-5-11/h2,6,8,11,17H,1,3-5,7,9-10H2. The van der Waals surface area contributed by atoms with Gasteiger partial charge in [0, 0.05) is 13.0 Å². The number of carbonyl (C=O) groups is 1. The van der Waals surface area contributed by atoms with Crippen LogP contribution in [0.2, 0.25) is 0 Å². The van der Waals surface area contributed by atoms with E-state index < -0.39 is 0 Å². The van der Waals surface area contributed by atoms with E-state index in [1.807, 2.05) is 12.1 Å². The Morgan fingerprint density at radius 1 is 1.33 bits per heavy atom. The van der Waals surface area contributed by atoms with Crippen LogP contribution in [-0.4, -0.2) is 17.6 Å². The molecule has 3 nitrogen and oxygen atoms in total. The van der Waals surface area contributed by atoms with E-state index in [4.69, 9.17) is 0 Å². The molecule has 1 N–H and O–H groups in total. The van der Waals surface area contributed by atoms with Crippen LogP contribution in [0.15, 0.2) is 18.2 Å². The zero-order valence-corrected chi connectivity index (χ0v) is 10.6. The number of phenolic OH excluding ortho intramolecular Hbond substituents is 1. The smallest absolute Gasteiger partial charge is 0.227 e. The molecule has 0 aromatic heterocycles. The van der Waals surface area contributed by atoms with Crippen LogP contribution in [0.4, 0.5) is 5.69 Å². The number of amides is 1. The van der Waals surface area contributed by atoms with Crippen LogP contribution < -0.4 is 4.90 Å². The minimum Gasteiger partial charge on any atom is -0.506 e. The molecule has 1 aliphatic heterocycles. The summed E-state index contributed by atoms with van der Waals surface area (Å²) in [4.78, 5) is 14.1. The van der Waals surface area contributed by atoms with Gasteiger partial charge in [0.15, 0.2) is 0 Å². The molecule has 1 saturated carbocycles. The monoisotopic (exact) mass is 245 g/mol. The summed E-state index contributed by atoms with van der Waals surface area (Å²) in [5.41, 5.74) is 1.86. The Balaban J connectivity index is 1.83. The molecule has 3 heteroatoms. The van der Waals surface area contributed by atoms with Gasteiger partial charge in [-0.3, -0.25) is 4.79 Å². The average Bonchev–Trinajstić information content (AvgIpc) is 2.33. The van der Waals surface area contributed by atoms with Gasteiger partial charge in [0.2, 0.25) is 5.91 Å². The summed E-state index contributed by atoms with van der Waals surface area (Å²) in [6.45, 7) is 0.746. The molecule has 0 bridgehead atoms. The quantitative estimate of drug-likeness (QED) is 0.870. The summed E-state index contributed by atoms with van der Waals surface area (Å²) in [7, 11) is 0. The van der Waals surface area contributed by atoms with E-state index in [1.165, 1.54) is 19.3 Å². The van der Waals surface area contributed by atoms with E-state index in [0.717, 1.165) is 30.6 Å². The molecule has 1 aromatic carbocycles. The molecule has 1 heterocycles. The lowest BCUT2D eigenvalue weighted by Crippen LogP contribution is -2.37. The number of rotatable bonds is 2. The first-order valence-electron chi connectivity index (χ1n) is 6.87. The lowest BCUT2D eigenvalue weighted by atomic mass is 9.82. The van der Waals surface area contributed by atoms with Gasteiger partial charge in [0.05, 0.1) is 5.69 Å². The largest absolute Gasteiger partial charge is 0.506 e. The lowest BCUT2D eigenvalue weighted by molar-refractivity contribution is -0.120. The van der Waals surface area contributed by atoms with E-state index in [0.29, 0.717) is 12.3 Å². The fourth-order valence-corrected chi connectivity index (χ4v) is 2.93. The van der Waals surface area contributed by atoms with Crippen molar-refractivity contribution in [2.24, 2.45) is 5.92 Å². The molecule has 1 aromatic rings. The predicted octanol–water partition coefficient (Wildman–Crippen LogP) is 2.86. The van der Waals surface area contributed by atoms with E-state index in [2.05, 4.69) is 0 Å². The summed E-state index contributed by atoms with van der Waals surface area (Å²) in [6, 6.07) is 5.54. The van der Waals surface area contributed by atoms with Crippen molar-refractivity contribution in [2.45, 2.75) is 38.5 Å². The number of hydrogen-bond donors (Lipinski definition) is 1. The number of para-hydroxylation sites is 1. The van der Waals surface area contributed by atoms with Gasteiger partial charge < -0.3 is 10.0 Å². The van der Waals surface area contributed by atoms with Crippen LogP contribution in [0.1, 0.15) is 37.7 Å². The van der Waals surface area contributed by atoms with Crippen LogP contribution >= 0.6 is 0 Å². The average molecular weight is 245 g/mol. The molecular formula is C15H19NO2. The number of hydrogen-bond acceptors (Lipinski definition) is 2. The van der Waals surface area contributed by atoms with Crippen molar-refractivity contribution >= 4 is 11.6 Å². The molecule has 96 valence electrons. The Morgan fingerprint density at radius 2 is 2.17 bits per heavy atom. The highest BCUT2D eigenvalue weighted by atomic mass is 16.3. The Hall–Kier alpha value is -1.51. The number of benzene rings is 1. The summed E-state index contributed by atoms with van der Waals surface area (Å²) >= 11 is 0. The second-order valence-corrected chi connectivity index (χ2v) is 5.43. The van der Waals surface area contributed by atoms with Gasteiger partial charge in [-0.2, -0.15) is 0 Å². The van der Waals surface area contributed by atoms with Gasteiger partial charge in [0.1, 0.15) is 5.75 Å². The topological polar surface area (TPSA) is 40.5 Å². The normalized spacial score (nSPS) is 19.2. The molecule has 1 aliphatic carbocycles. The second kappa shape index (κ2) is 4.63. The highest BCUT2D eigenvalue weighted by Crippen LogP contribution is 2.37. The van der Waals surface area contributed by atoms with Crippen LogP contribution in [-0.2, 0) is 11.2 Å². The molecule has 0 atom stereocenters. The Labute approximate surface area is 107 Å². The second-order valence-electron chi connectivity index (χ2n) is 5.43. The van der Waals surface area contributed by atoms with Gasteiger partial charge in [-0.15, -0.1) is 0 Å². The van der Waals surface area contributed by atoms with Crippen LogP contribution in [0.5, 0.6) is 5.75 Å². The third-order valence-electron chi connectivity index (χ3n) is 4.19. The lowest BCUT2D eigenvalue weighted by Gasteiger charge is -2.33. The summed E-state index contributed by atoms with van der Waals surface area (Å²) in [5.74, 6) is 1.00. The van der Waals surface area contributed by atoms with Crippen LogP contribution in [0, 0.1) is 5.92 Å². The van der Waals surface area contributed by atoms with Crippen molar-refractivity contribution < 1.29 is 9.90 Å². The van der Waals surface area contributed by atoms with Crippen LogP contribution in [0.25, 0.3) is 0 Å². The number of aryl methyl sites for hydroxylation is 1. The van der Waals surface area contributed by atoms with Crippen molar-refractivity contribution in [3.63, 3.8) is 0 Å². The maximum Gasteiger partial charge on any atom is 0.227 e. The molecule has 1 fully saturated rings. The van der Waals surface area contributed by atoms with E-state index >= 15 is 0 Å². The van der Waals surface area contributed by atoms with E-state index in [9.17, 15) is 9.90 Å². The third-order valence-corrected chi connectivity index (χ3v) is 4.19. The maximum atomic E-state index is 12.3. The first kappa shape index (κ1) is 11.6. The van der Waals surface area contributed by atoms with Gasteiger partial charge >= 0.3 is 0 Å². The third kappa shape index (κ3) is 1.98. The molecule has 0 unspecified atom stereocenters. The number of fused-ring (bicyclic) bond motifs is 1. The van der Waals surface area contributed by atoms with E-state index in [1.54, 1.807) is 11.0 Å². The first-order valence-corrected chi connectivity index (χ1v) is 6.87. The Morgan fingerprint density at radius 3 is 2.89 bits per heavy atom. The molecule has 2 aliphatic rings. The summed E-state index contributed by atoms with van der Waals surface area (Å²) in [5, 5.41) is 9.99. The summed E-state index contributed by atoms with van der Waals surface area (Å²) in [6.07, 6.45) is 6.23. The number of phenols is 1. The summed E-state index contributed by atoms with van der Waals surface area (Å²) < 4.78 is 0. The van der Waals surface area contributed by atoms with Crippen molar-refractivity contribution in [3.05, 3.63) is 23.8 Å². The Kier molecular flexibility index (Phi) is 2.98. The SMILES string of the molecule is O=C(CC1CCC1)N1CCCc2cccc(O)c21. The molecule has 1 amide bonds. The minimum absolute atomic E-state index is 0.183. The highest BCUT2D eigenvalue weighted by Gasteiger charge is 2.28. The molecular weight excluding hydrogens is 226 g/mol. The molecule has 3 rings (SSSR count). The van der Waals surface area contributed by atoms with Crippen molar-refractivity contribution in [2.75, 3.05) is 11.4 Å². The number of nitrogens with zero attached hydrogens (tertiary/aromatic N) is 1. The Bertz CT molecular complexity index is 466. The molecule has 0 spiro atoms. The van der Waals surface area contributed by atoms with Gasteiger partial charge in [-0.1, -0.05) is 18.6 Å². The zero-order valence-electron chi connectivity index (χ0n) is 10.6. The fraction of sp³-hybridized carbons (Fsp3) is 0.533.